The van der Waals surface area contributed by atoms with Crippen LogP contribution in [0, 0.1) is 0 Å². The molecule has 0 atom stereocenters. The molecule has 0 radical (unpaired) electrons. The summed E-state index contributed by atoms with van der Waals surface area (Å²) in [6.45, 7) is 0.738. The summed E-state index contributed by atoms with van der Waals surface area (Å²) >= 11 is 5.05. The molecular formula is C19H19N3OS. The summed E-state index contributed by atoms with van der Waals surface area (Å²) < 4.78 is 7.34. The molecule has 1 heterocycles. The van der Waals surface area contributed by atoms with Crippen molar-refractivity contribution in [3.63, 3.8) is 0 Å². The number of nitrogens with two attached hydrogens (primary N) is 1. The molecule has 2 aromatic carbocycles. The second kappa shape index (κ2) is 7.27. The van der Waals surface area contributed by atoms with Crippen LogP contribution in [0.5, 0.6) is 5.75 Å². The topological polar surface area (TPSA) is 53.1 Å². The van der Waals surface area contributed by atoms with Crippen LogP contribution in [0.25, 0.3) is 0 Å². The standard InChI is InChI=1S/C19H19N3OS/c1-23-17-7-5-14(6-8-17)12-18-21-9-10-22(18)13-15-3-2-4-16(11-15)19(20)24/h2-11H,12-13H2,1H3,(H2,20,24). The van der Waals surface area contributed by atoms with E-state index in [0.29, 0.717) is 4.99 Å². The molecule has 3 rings (SSSR count). The van der Waals surface area contributed by atoms with Gasteiger partial charge >= 0.3 is 0 Å². The fourth-order valence-corrected chi connectivity index (χ4v) is 2.72. The van der Waals surface area contributed by atoms with Crippen LogP contribution < -0.4 is 10.5 Å². The molecule has 1 aromatic heterocycles. The normalized spacial score (nSPS) is 10.5. The zero-order chi connectivity index (χ0) is 16.9. The molecule has 3 aromatic rings. The Labute approximate surface area is 146 Å². The minimum absolute atomic E-state index is 0.418. The molecule has 0 saturated heterocycles. The molecule has 0 aliphatic rings. The summed E-state index contributed by atoms with van der Waals surface area (Å²) in [5.74, 6) is 1.87. The highest BCUT2D eigenvalue weighted by molar-refractivity contribution is 7.80. The lowest BCUT2D eigenvalue weighted by molar-refractivity contribution is 0.414. The maximum Gasteiger partial charge on any atom is 0.118 e. The molecule has 0 aliphatic carbocycles. The molecule has 24 heavy (non-hydrogen) atoms. The van der Waals surface area contributed by atoms with E-state index in [0.717, 1.165) is 35.7 Å². The monoisotopic (exact) mass is 337 g/mol. The van der Waals surface area contributed by atoms with E-state index in [2.05, 4.69) is 27.8 Å². The van der Waals surface area contributed by atoms with Crippen LogP contribution in [-0.2, 0) is 13.0 Å². The Morgan fingerprint density at radius 1 is 1.17 bits per heavy atom. The molecule has 4 nitrogen and oxygen atoms in total. The Morgan fingerprint density at radius 3 is 2.67 bits per heavy atom. The van der Waals surface area contributed by atoms with Gasteiger partial charge in [-0.05, 0) is 29.3 Å². The number of nitrogens with zero attached hydrogens (tertiary/aromatic N) is 2. The summed E-state index contributed by atoms with van der Waals surface area (Å²) in [4.78, 5) is 4.91. The van der Waals surface area contributed by atoms with Crippen LogP contribution in [0.3, 0.4) is 0 Å². The van der Waals surface area contributed by atoms with E-state index in [4.69, 9.17) is 22.7 Å². The van der Waals surface area contributed by atoms with E-state index in [9.17, 15) is 0 Å². The predicted octanol–water partition coefficient (Wildman–Crippen LogP) is 3.17. The molecule has 5 heteroatoms. The van der Waals surface area contributed by atoms with E-state index in [-0.39, 0.29) is 0 Å². The fraction of sp³-hybridized carbons (Fsp3) is 0.158. The molecule has 0 amide bonds. The number of aromatic nitrogens is 2. The largest absolute Gasteiger partial charge is 0.497 e. The van der Waals surface area contributed by atoms with Crippen molar-refractivity contribution in [2.75, 3.05) is 7.11 Å². The van der Waals surface area contributed by atoms with Crippen LogP contribution in [0.15, 0.2) is 60.9 Å². The maximum atomic E-state index is 5.71. The number of rotatable bonds is 6. The first-order chi connectivity index (χ1) is 11.7. The van der Waals surface area contributed by atoms with Gasteiger partial charge in [-0.15, -0.1) is 0 Å². The van der Waals surface area contributed by atoms with E-state index in [1.165, 1.54) is 5.56 Å². The Bertz CT molecular complexity index is 840. The Hall–Kier alpha value is -2.66. The van der Waals surface area contributed by atoms with Gasteiger partial charge in [0.25, 0.3) is 0 Å². The summed E-state index contributed by atoms with van der Waals surface area (Å²) in [7, 11) is 1.67. The lowest BCUT2D eigenvalue weighted by Gasteiger charge is -2.10. The third-order valence-electron chi connectivity index (χ3n) is 3.89. The van der Waals surface area contributed by atoms with Crippen LogP contribution in [0.4, 0.5) is 0 Å². The highest BCUT2D eigenvalue weighted by Crippen LogP contribution is 2.15. The third-order valence-corrected chi connectivity index (χ3v) is 4.12. The van der Waals surface area contributed by atoms with Crippen molar-refractivity contribution < 1.29 is 4.74 Å². The number of benzene rings is 2. The lowest BCUT2D eigenvalue weighted by atomic mass is 10.1. The first kappa shape index (κ1) is 16.2. The molecule has 0 aliphatic heterocycles. The number of ether oxygens (including phenoxy) is 1. The van der Waals surface area contributed by atoms with E-state index in [1.807, 2.05) is 42.7 Å². The maximum absolute atomic E-state index is 5.71. The van der Waals surface area contributed by atoms with Crippen molar-refractivity contribution in [3.05, 3.63) is 83.4 Å². The van der Waals surface area contributed by atoms with Gasteiger partial charge in [0.1, 0.15) is 16.6 Å². The van der Waals surface area contributed by atoms with Crippen molar-refractivity contribution in [2.45, 2.75) is 13.0 Å². The Morgan fingerprint density at radius 2 is 1.96 bits per heavy atom. The Kier molecular flexibility index (Phi) is 4.91. The lowest BCUT2D eigenvalue weighted by Crippen LogP contribution is -2.10. The van der Waals surface area contributed by atoms with Gasteiger partial charge in [0.15, 0.2) is 0 Å². The van der Waals surface area contributed by atoms with Gasteiger partial charge in [0, 0.05) is 30.9 Å². The highest BCUT2D eigenvalue weighted by atomic mass is 32.1. The highest BCUT2D eigenvalue weighted by Gasteiger charge is 2.06. The quantitative estimate of drug-likeness (QED) is 0.702. The third kappa shape index (κ3) is 3.81. The van der Waals surface area contributed by atoms with Crippen LogP contribution in [-0.4, -0.2) is 21.6 Å². The predicted molar refractivity (Wildman–Crippen MR) is 99.5 cm³/mol. The van der Waals surface area contributed by atoms with Crippen LogP contribution in [0.1, 0.15) is 22.5 Å². The van der Waals surface area contributed by atoms with E-state index in [1.54, 1.807) is 7.11 Å². The fourth-order valence-electron chi connectivity index (χ4n) is 2.60. The minimum atomic E-state index is 0.418. The number of methoxy groups -OCH3 is 1. The molecule has 0 saturated carbocycles. The molecule has 2 N–H and O–H groups in total. The van der Waals surface area contributed by atoms with Crippen LogP contribution >= 0.6 is 12.2 Å². The van der Waals surface area contributed by atoms with Gasteiger partial charge in [-0.3, -0.25) is 0 Å². The zero-order valence-corrected chi connectivity index (χ0v) is 14.3. The van der Waals surface area contributed by atoms with Crippen molar-refractivity contribution in [1.82, 2.24) is 9.55 Å². The van der Waals surface area contributed by atoms with Crippen molar-refractivity contribution in [3.8, 4) is 5.75 Å². The zero-order valence-electron chi connectivity index (χ0n) is 13.5. The number of imidazole rings is 1. The van der Waals surface area contributed by atoms with Gasteiger partial charge < -0.3 is 15.0 Å². The van der Waals surface area contributed by atoms with Crippen molar-refractivity contribution in [1.29, 1.82) is 0 Å². The SMILES string of the molecule is COc1ccc(Cc2nccn2Cc2cccc(C(N)=S)c2)cc1. The molecular weight excluding hydrogens is 318 g/mol. The summed E-state index contributed by atoms with van der Waals surface area (Å²) in [6, 6.07) is 16.1. The van der Waals surface area contributed by atoms with Crippen molar-refractivity contribution in [2.24, 2.45) is 5.73 Å². The summed E-state index contributed by atoms with van der Waals surface area (Å²) in [6.07, 6.45) is 4.59. The van der Waals surface area contributed by atoms with Crippen LogP contribution in [0.2, 0.25) is 0 Å². The first-order valence-electron chi connectivity index (χ1n) is 7.67. The van der Waals surface area contributed by atoms with E-state index >= 15 is 0 Å². The van der Waals surface area contributed by atoms with Gasteiger partial charge in [0.2, 0.25) is 0 Å². The second-order valence-electron chi connectivity index (χ2n) is 5.56. The molecule has 0 spiro atoms. The number of thiocarbonyl (C=S) groups is 1. The Balaban J connectivity index is 1.77. The number of hydrogen-bond acceptors (Lipinski definition) is 3. The average molecular weight is 337 g/mol. The molecule has 0 fully saturated rings. The number of hydrogen-bond donors (Lipinski definition) is 1. The van der Waals surface area contributed by atoms with Crippen molar-refractivity contribution >= 4 is 17.2 Å². The van der Waals surface area contributed by atoms with Gasteiger partial charge in [-0.25, -0.2) is 4.98 Å². The molecule has 122 valence electrons. The molecule has 0 bridgehead atoms. The first-order valence-corrected chi connectivity index (χ1v) is 8.08. The van der Waals surface area contributed by atoms with Gasteiger partial charge in [0.05, 0.1) is 7.11 Å². The molecule has 0 unspecified atom stereocenters. The van der Waals surface area contributed by atoms with E-state index < -0.39 is 0 Å². The minimum Gasteiger partial charge on any atom is -0.497 e. The summed E-state index contributed by atoms with van der Waals surface area (Å²) in [5, 5.41) is 0. The van der Waals surface area contributed by atoms with Gasteiger partial charge in [-0.1, -0.05) is 42.5 Å². The summed E-state index contributed by atoms with van der Waals surface area (Å²) in [5.41, 5.74) is 8.94. The van der Waals surface area contributed by atoms with Gasteiger partial charge in [-0.2, -0.15) is 0 Å². The average Bonchev–Trinajstić information content (AvgIpc) is 3.02. The second-order valence-corrected chi connectivity index (χ2v) is 6.00. The smallest absolute Gasteiger partial charge is 0.118 e.